The van der Waals surface area contributed by atoms with E-state index < -0.39 is 11.5 Å². The second-order valence-electron chi connectivity index (χ2n) is 4.40. The molecule has 6 heteroatoms. The molecule has 3 N–H and O–H groups in total. The van der Waals surface area contributed by atoms with E-state index in [0.717, 1.165) is 6.08 Å². The van der Waals surface area contributed by atoms with Gasteiger partial charge in [-0.3, -0.25) is 9.59 Å². The average Bonchev–Trinajstić information content (AvgIpc) is 2.50. The number of carbonyl (C=O) groups excluding carboxylic acids is 2. The first-order chi connectivity index (χ1) is 8.84. The maximum atomic E-state index is 11.9. The molecule has 1 amide bonds. The van der Waals surface area contributed by atoms with Crippen LogP contribution in [0, 0.1) is 0 Å². The molecule has 1 aliphatic heterocycles. The van der Waals surface area contributed by atoms with Crippen LogP contribution in [0.3, 0.4) is 0 Å². The van der Waals surface area contributed by atoms with Crippen LogP contribution < -0.4 is 5.32 Å². The fourth-order valence-corrected chi connectivity index (χ4v) is 2.80. The van der Waals surface area contributed by atoms with Crippen molar-refractivity contribution in [1.82, 2.24) is 0 Å². The van der Waals surface area contributed by atoms with Crippen molar-refractivity contribution in [3.8, 4) is 0 Å². The molecule has 5 nitrogen and oxygen atoms in total. The number of aliphatic hydroxyl groups is 2. The van der Waals surface area contributed by atoms with Crippen molar-refractivity contribution >= 4 is 33.3 Å². The van der Waals surface area contributed by atoms with Crippen LogP contribution in [0.1, 0.15) is 18.9 Å². The highest BCUT2D eigenvalue weighted by atomic mass is 79.9. The van der Waals surface area contributed by atoms with Crippen LogP contribution in [-0.2, 0) is 15.2 Å². The molecule has 100 valence electrons. The first kappa shape index (κ1) is 13.8. The van der Waals surface area contributed by atoms with E-state index in [-0.39, 0.29) is 18.0 Å². The highest BCUT2D eigenvalue weighted by Gasteiger charge is 2.47. The summed E-state index contributed by atoms with van der Waals surface area (Å²) in [5, 5.41) is 22.7. The number of allylic oxidation sites excluding steroid dienone is 1. The van der Waals surface area contributed by atoms with Gasteiger partial charge < -0.3 is 15.5 Å². The van der Waals surface area contributed by atoms with Gasteiger partial charge in [-0.2, -0.15) is 0 Å². The van der Waals surface area contributed by atoms with E-state index in [0.29, 0.717) is 15.7 Å². The number of rotatable bonds is 3. The van der Waals surface area contributed by atoms with Crippen molar-refractivity contribution in [3.63, 3.8) is 0 Å². The first-order valence-electron chi connectivity index (χ1n) is 5.57. The molecule has 2 rings (SSSR count). The van der Waals surface area contributed by atoms with Crippen molar-refractivity contribution in [1.29, 1.82) is 0 Å². The average molecular weight is 326 g/mol. The summed E-state index contributed by atoms with van der Waals surface area (Å²) in [4.78, 5) is 22.8. The molecule has 0 unspecified atom stereocenters. The number of amides is 1. The Morgan fingerprint density at radius 1 is 1.53 bits per heavy atom. The smallest absolute Gasteiger partial charge is 0.261 e. The summed E-state index contributed by atoms with van der Waals surface area (Å²) in [5.74, 6) is -1.32. The summed E-state index contributed by atoms with van der Waals surface area (Å²) in [6.45, 7) is 1.28. The second kappa shape index (κ2) is 4.79. The third-order valence-corrected chi connectivity index (χ3v) is 3.52. The fourth-order valence-electron chi connectivity index (χ4n) is 2.10. The van der Waals surface area contributed by atoms with Crippen molar-refractivity contribution in [3.05, 3.63) is 40.1 Å². The van der Waals surface area contributed by atoms with E-state index in [1.54, 1.807) is 18.2 Å². The maximum absolute atomic E-state index is 11.9. The van der Waals surface area contributed by atoms with Gasteiger partial charge >= 0.3 is 0 Å². The van der Waals surface area contributed by atoms with Crippen LogP contribution in [0.4, 0.5) is 5.69 Å². The molecule has 0 saturated carbocycles. The number of benzene rings is 1. The monoisotopic (exact) mass is 325 g/mol. The Balaban J connectivity index is 2.45. The molecule has 1 heterocycles. The van der Waals surface area contributed by atoms with Gasteiger partial charge in [-0.1, -0.05) is 22.0 Å². The van der Waals surface area contributed by atoms with Crippen molar-refractivity contribution in [2.45, 2.75) is 18.9 Å². The van der Waals surface area contributed by atoms with Gasteiger partial charge in [0.15, 0.2) is 11.4 Å². The highest BCUT2D eigenvalue weighted by Crippen LogP contribution is 2.43. The third-order valence-electron chi connectivity index (χ3n) is 2.86. The van der Waals surface area contributed by atoms with Crippen LogP contribution in [0.2, 0.25) is 0 Å². The molecule has 0 aliphatic carbocycles. The number of halogens is 1. The number of hydrogen-bond acceptors (Lipinski definition) is 4. The minimum Gasteiger partial charge on any atom is -0.512 e. The topological polar surface area (TPSA) is 86.6 Å². The van der Waals surface area contributed by atoms with E-state index in [2.05, 4.69) is 21.2 Å². The van der Waals surface area contributed by atoms with E-state index in [9.17, 15) is 19.8 Å². The normalized spacial score (nSPS) is 22.1. The Morgan fingerprint density at radius 2 is 2.21 bits per heavy atom. The lowest BCUT2D eigenvalue weighted by molar-refractivity contribution is -0.134. The predicted octanol–water partition coefficient (Wildman–Crippen LogP) is 2.01. The third kappa shape index (κ3) is 2.41. The summed E-state index contributed by atoms with van der Waals surface area (Å²) in [6, 6.07) is 5.07. The van der Waals surface area contributed by atoms with E-state index >= 15 is 0 Å². The SMILES string of the molecule is CC(=O)/C=C(\O)C[C@]1(O)C(=O)Nc2cccc(Br)c21. The summed E-state index contributed by atoms with van der Waals surface area (Å²) < 4.78 is 0.557. The van der Waals surface area contributed by atoms with Crippen LogP contribution in [0.25, 0.3) is 0 Å². The van der Waals surface area contributed by atoms with Gasteiger partial charge in [0.25, 0.3) is 5.91 Å². The van der Waals surface area contributed by atoms with E-state index in [4.69, 9.17) is 0 Å². The first-order valence-corrected chi connectivity index (χ1v) is 6.37. The van der Waals surface area contributed by atoms with Crippen LogP contribution in [0.15, 0.2) is 34.5 Å². The number of anilines is 1. The minimum absolute atomic E-state index is 0.339. The standard InChI is InChI=1S/C13H12BrNO4/c1-7(16)5-8(17)6-13(19)11-9(14)3-2-4-10(11)15-12(13)18/h2-5,17,19H,6H2,1H3,(H,15,18)/b8-5-/t13-/m1/s1. The van der Waals surface area contributed by atoms with E-state index in [1.165, 1.54) is 6.92 Å². The zero-order valence-corrected chi connectivity index (χ0v) is 11.7. The lowest BCUT2D eigenvalue weighted by atomic mass is 9.91. The lowest BCUT2D eigenvalue weighted by Gasteiger charge is -2.21. The molecule has 1 atom stereocenters. The predicted molar refractivity (Wildman–Crippen MR) is 72.7 cm³/mol. The van der Waals surface area contributed by atoms with Gasteiger partial charge in [0.05, 0.1) is 5.76 Å². The Morgan fingerprint density at radius 3 is 2.84 bits per heavy atom. The molecule has 0 bridgehead atoms. The van der Waals surface area contributed by atoms with Crippen LogP contribution in [0.5, 0.6) is 0 Å². The Bertz CT molecular complexity index is 596. The lowest BCUT2D eigenvalue weighted by Crippen LogP contribution is -2.35. The van der Waals surface area contributed by atoms with Gasteiger partial charge in [-0.05, 0) is 19.1 Å². The zero-order valence-electron chi connectivity index (χ0n) is 10.1. The molecule has 1 aromatic rings. The number of fused-ring (bicyclic) bond motifs is 1. The largest absolute Gasteiger partial charge is 0.512 e. The molecule has 0 aromatic heterocycles. The molecular formula is C13H12BrNO4. The quantitative estimate of drug-likeness (QED) is 0.586. The molecular weight excluding hydrogens is 314 g/mol. The summed E-state index contributed by atoms with van der Waals surface area (Å²) in [6.07, 6.45) is 0.633. The number of carbonyl (C=O) groups is 2. The van der Waals surface area contributed by atoms with Gasteiger partial charge in [0.1, 0.15) is 0 Å². The zero-order chi connectivity index (χ0) is 14.2. The highest BCUT2D eigenvalue weighted by molar-refractivity contribution is 9.10. The molecule has 0 saturated heterocycles. The van der Waals surface area contributed by atoms with Crippen LogP contribution >= 0.6 is 15.9 Å². The number of ketones is 1. The molecule has 1 aliphatic rings. The molecule has 19 heavy (non-hydrogen) atoms. The van der Waals surface area contributed by atoms with Gasteiger partial charge in [-0.25, -0.2) is 0 Å². The van der Waals surface area contributed by atoms with Crippen molar-refractivity contribution < 1.29 is 19.8 Å². The molecule has 0 radical (unpaired) electrons. The Kier molecular flexibility index (Phi) is 3.47. The van der Waals surface area contributed by atoms with Crippen LogP contribution in [-0.4, -0.2) is 21.9 Å². The molecule has 1 aromatic carbocycles. The van der Waals surface area contributed by atoms with Crippen molar-refractivity contribution in [2.75, 3.05) is 5.32 Å². The Hall–Kier alpha value is -1.66. The van der Waals surface area contributed by atoms with Gasteiger partial charge in [-0.15, -0.1) is 0 Å². The van der Waals surface area contributed by atoms with Crippen molar-refractivity contribution in [2.24, 2.45) is 0 Å². The number of hydrogen-bond donors (Lipinski definition) is 3. The second-order valence-corrected chi connectivity index (χ2v) is 5.25. The number of nitrogens with one attached hydrogen (secondary N) is 1. The summed E-state index contributed by atoms with van der Waals surface area (Å²) >= 11 is 3.27. The summed E-state index contributed by atoms with van der Waals surface area (Å²) in [7, 11) is 0. The van der Waals surface area contributed by atoms with Gasteiger partial charge in [0, 0.05) is 28.2 Å². The number of aliphatic hydroxyl groups excluding tert-OH is 1. The maximum Gasteiger partial charge on any atom is 0.261 e. The van der Waals surface area contributed by atoms with E-state index in [1.807, 2.05) is 0 Å². The minimum atomic E-state index is -1.88. The fraction of sp³-hybridized carbons (Fsp3) is 0.231. The molecule has 0 spiro atoms. The molecule has 0 fully saturated rings. The van der Waals surface area contributed by atoms with Gasteiger partial charge in [0.2, 0.25) is 0 Å². The Labute approximate surface area is 118 Å². The summed E-state index contributed by atoms with van der Waals surface area (Å²) in [5.41, 5.74) is -1.04.